The van der Waals surface area contributed by atoms with Crippen molar-refractivity contribution in [2.75, 3.05) is 10.6 Å². The largest absolute Gasteiger partial charge is 0.485 e. The van der Waals surface area contributed by atoms with Crippen LogP contribution in [0.1, 0.15) is 11.3 Å². The standard InChI is InChI=1S/C23H18ClFN4O3/c1-14-6-8-16(10-18(14)25)27-23(31)28-19-4-2-3-5-20(19)32-13-17-11-22(30)29-12-15(24)7-9-21(29)26-17/h2-12H,13H2,1H3,(H2,27,28,31). The first kappa shape index (κ1) is 21.3. The highest BCUT2D eigenvalue weighted by atomic mass is 35.5. The van der Waals surface area contributed by atoms with Crippen molar-refractivity contribution in [3.05, 3.63) is 99.3 Å². The van der Waals surface area contributed by atoms with Crippen LogP contribution in [-0.2, 0) is 6.61 Å². The molecule has 0 bridgehead atoms. The van der Waals surface area contributed by atoms with E-state index >= 15 is 0 Å². The molecule has 9 heteroatoms. The number of rotatable bonds is 5. The average molecular weight is 453 g/mol. The van der Waals surface area contributed by atoms with Gasteiger partial charge in [-0.05, 0) is 48.9 Å². The zero-order valence-corrected chi connectivity index (χ0v) is 17.7. The number of pyridine rings is 1. The van der Waals surface area contributed by atoms with E-state index in [4.69, 9.17) is 16.3 Å². The predicted octanol–water partition coefficient (Wildman–Crippen LogP) is 5.02. The van der Waals surface area contributed by atoms with E-state index in [1.54, 1.807) is 55.5 Å². The molecule has 0 aliphatic rings. The third kappa shape index (κ3) is 4.87. The number of aryl methyl sites for hydroxylation is 1. The minimum Gasteiger partial charge on any atom is -0.485 e. The number of carbonyl (C=O) groups excluding carboxylic acids is 1. The number of carbonyl (C=O) groups is 1. The lowest BCUT2D eigenvalue weighted by molar-refractivity contribution is 0.261. The van der Waals surface area contributed by atoms with E-state index in [9.17, 15) is 14.0 Å². The van der Waals surface area contributed by atoms with Gasteiger partial charge in [-0.25, -0.2) is 14.2 Å². The first-order chi connectivity index (χ1) is 15.4. The Kier molecular flexibility index (Phi) is 6.04. The van der Waals surface area contributed by atoms with E-state index in [0.717, 1.165) is 0 Å². The maximum atomic E-state index is 13.7. The fourth-order valence-corrected chi connectivity index (χ4v) is 3.16. The molecule has 2 N–H and O–H groups in total. The molecule has 4 rings (SSSR count). The van der Waals surface area contributed by atoms with E-state index in [0.29, 0.717) is 39.1 Å². The maximum absolute atomic E-state index is 13.7. The minimum atomic E-state index is -0.553. The Balaban J connectivity index is 1.47. The van der Waals surface area contributed by atoms with Crippen LogP contribution >= 0.6 is 11.6 Å². The Morgan fingerprint density at radius 3 is 2.75 bits per heavy atom. The van der Waals surface area contributed by atoms with Gasteiger partial charge in [0.15, 0.2) is 0 Å². The highest BCUT2D eigenvalue weighted by molar-refractivity contribution is 6.30. The third-order valence-corrected chi connectivity index (χ3v) is 4.84. The highest BCUT2D eigenvalue weighted by Crippen LogP contribution is 2.25. The zero-order valence-electron chi connectivity index (χ0n) is 16.9. The number of halogens is 2. The first-order valence-electron chi connectivity index (χ1n) is 9.63. The number of amides is 2. The molecule has 0 aliphatic carbocycles. The maximum Gasteiger partial charge on any atom is 0.323 e. The zero-order chi connectivity index (χ0) is 22.7. The molecule has 162 valence electrons. The summed E-state index contributed by atoms with van der Waals surface area (Å²) in [7, 11) is 0. The number of nitrogens with zero attached hydrogens (tertiary/aromatic N) is 2. The molecule has 0 radical (unpaired) electrons. The van der Waals surface area contributed by atoms with E-state index in [1.807, 2.05) is 0 Å². The summed E-state index contributed by atoms with van der Waals surface area (Å²) in [5.74, 6) is -0.0246. The van der Waals surface area contributed by atoms with Crippen molar-refractivity contribution in [2.45, 2.75) is 13.5 Å². The lowest BCUT2D eigenvalue weighted by atomic mass is 10.2. The Labute approximate surface area is 187 Å². The second-order valence-electron chi connectivity index (χ2n) is 6.99. The van der Waals surface area contributed by atoms with E-state index in [1.165, 1.54) is 22.7 Å². The van der Waals surface area contributed by atoms with Crippen molar-refractivity contribution in [1.82, 2.24) is 9.38 Å². The fourth-order valence-electron chi connectivity index (χ4n) is 3.00. The number of anilines is 2. The summed E-state index contributed by atoms with van der Waals surface area (Å²) < 4.78 is 20.8. The van der Waals surface area contributed by atoms with Crippen molar-refractivity contribution in [1.29, 1.82) is 0 Å². The van der Waals surface area contributed by atoms with Crippen LogP contribution in [0.5, 0.6) is 5.75 Å². The normalized spacial score (nSPS) is 10.7. The van der Waals surface area contributed by atoms with Crippen molar-refractivity contribution in [3.63, 3.8) is 0 Å². The Bertz CT molecular complexity index is 1370. The number of nitrogens with one attached hydrogen (secondary N) is 2. The summed E-state index contributed by atoms with van der Waals surface area (Å²) in [5.41, 5.74) is 1.79. The minimum absolute atomic E-state index is 0.0118. The molecule has 2 heterocycles. The van der Waals surface area contributed by atoms with Crippen LogP contribution in [0.25, 0.3) is 5.65 Å². The summed E-state index contributed by atoms with van der Waals surface area (Å²) in [4.78, 5) is 29.1. The molecule has 2 amide bonds. The molecule has 0 saturated heterocycles. The predicted molar refractivity (Wildman–Crippen MR) is 121 cm³/mol. The lowest BCUT2D eigenvalue weighted by Gasteiger charge is -2.13. The van der Waals surface area contributed by atoms with E-state index in [2.05, 4.69) is 15.6 Å². The van der Waals surface area contributed by atoms with Crippen LogP contribution in [0.2, 0.25) is 5.02 Å². The molecule has 0 fully saturated rings. The van der Waals surface area contributed by atoms with Gasteiger partial charge in [-0.15, -0.1) is 0 Å². The van der Waals surface area contributed by atoms with Gasteiger partial charge in [0, 0.05) is 18.0 Å². The number of ether oxygens (including phenoxy) is 1. The fraction of sp³-hybridized carbons (Fsp3) is 0.0870. The quantitative estimate of drug-likeness (QED) is 0.445. The molecule has 0 aliphatic heterocycles. The van der Waals surface area contributed by atoms with Gasteiger partial charge in [0.25, 0.3) is 5.56 Å². The number of benzene rings is 2. The molecule has 0 atom stereocenters. The smallest absolute Gasteiger partial charge is 0.323 e. The molecule has 0 spiro atoms. The van der Waals surface area contributed by atoms with Gasteiger partial charge in [-0.2, -0.15) is 0 Å². The summed E-state index contributed by atoms with van der Waals surface area (Å²) in [5, 5.41) is 5.68. The molecule has 2 aromatic heterocycles. The summed E-state index contributed by atoms with van der Waals surface area (Å²) in [6.07, 6.45) is 1.49. The Hall–Kier alpha value is -3.91. The van der Waals surface area contributed by atoms with Gasteiger partial charge in [0.2, 0.25) is 0 Å². The number of hydrogen-bond acceptors (Lipinski definition) is 4. The lowest BCUT2D eigenvalue weighted by Crippen LogP contribution is -2.20. The summed E-state index contributed by atoms with van der Waals surface area (Å²) in [6.45, 7) is 1.65. The van der Waals surface area contributed by atoms with Crippen molar-refractivity contribution in [2.24, 2.45) is 0 Å². The third-order valence-electron chi connectivity index (χ3n) is 4.62. The van der Waals surface area contributed by atoms with Crippen LogP contribution < -0.4 is 20.9 Å². The van der Waals surface area contributed by atoms with Gasteiger partial charge >= 0.3 is 6.03 Å². The molecular weight excluding hydrogens is 435 g/mol. The summed E-state index contributed by atoms with van der Waals surface area (Å²) in [6, 6.07) is 15.3. The molecule has 0 saturated carbocycles. The SMILES string of the molecule is Cc1ccc(NC(=O)Nc2ccccc2OCc2cc(=O)n3cc(Cl)ccc3n2)cc1F. The second kappa shape index (κ2) is 9.07. The van der Waals surface area contributed by atoms with Crippen LogP contribution in [0.15, 0.2) is 71.7 Å². The second-order valence-corrected chi connectivity index (χ2v) is 7.43. The van der Waals surface area contributed by atoms with Crippen LogP contribution in [0, 0.1) is 12.7 Å². The molecule has 32 heavy (non-hydrogen) atoms. The van der Waals surface area contributed by atoms with Gasteiger partial charge in [-0.1, -0.05) is 29.8 Å². The van der Waals surface area contributed by atoms with Gasteiger partial charge in [0.05, 0.1) is 16.4 Å². The van der Waals surface area contributed by atoms with Gasteiger partial charge < -0.3 is 15.4 Å². The van der Waals surface area contributed by atoms with Gasteiger partial charge in [0.1, 0.15) is 23.8 Å². The number of aromatic nitrogens is 2. The highest BCUT2D eigenvalue weighted by Gasteiger charge is 2.10. The first-order valence-corrected chi connectivity index (χ1v) is 10.0. The van der Waals surface area contributed by atoms with Crippen LogP contribution in [-0.4, -0.2) is 15.4 Å². The van der Waals surface area contributed by atoms with Crippen molar-refractivity contribution in [3.8, 4) is 5.75 Å². The number of urea groups is 1. The van der Waals surface area contributed by atoms with Crippen LogP contribution in [0.4, 0.5) is 20.6 Å². The van der Waals surface area contributed by atoms with E-state index < -0.39 is 11.8 Å². The Morgan fingerprint density at radius 1 is 1.12 bits per heavy atom. The van der Waals surface area contributed by atoms with Gasteiger partial charge in [-0.3, -0.25) is 9.20 Å². The average Bonchev–Trinajstić information content (AvgIpc) is 2.76. The van der Waals surface area contributed by atoms with Crippen LogP contribution in [0.3, 0.4) is 0 Å². The molecule has 0 unspecified atom stereocenters. The molecule has 2 aromatic carbocycles. The summed E-state index contributed by atoms with van der Waals surface area (Å²) >= 11 is 5.93. The molecular formula is C23H18ClFN4O3. The number of fused-ring (bicyclic) bond motifs is 1. The molecule has 4 aromatic rings. The number of hydrogen-bond donors (Lipinski definition) is 2. The topological polar surface area (TPSA) is 84.7 Å². The molecule has 7 nitrogen and oxygen atoms in total. The van der Waals surface area contributed by atoms with Crippen molar-refractivity contribution >= 4 is 34.7 Å². The van der Waals surface area contributed by atoms with Crippen molar-refractivity contribution < 1.29 is 13.9 Å². The monoisotopic (exact) mass is 452 g/mol. The Morgan fingerprint density at radius 2 is 1.94 bits per heavy atom. The van der Waals surface area contributed by atoms with E-state index in [-0.39, 0.29) is 12.2 Å². The number of para-hydroxylation sites is 2.